The van der Waals surface area contributed by atoms with Crippen molar-refractivity contribution < 1.29 is 14.3 Å². The lowest BCUT2D eigenvalue weighted by Gasteiger charge is -2.35. The Morgan fingerprint density at radius 2 is 2.11 bits per heavy atom. The number of esters is 1. The molecule has 1 heterocycles. The van der Waals surface area contributed by atoms with Gasteiger partial charge in [-0.25, -0.2) is 4.79 Å². The van der Waals surface area contributed by atoms with Gasteiger partial charge in [0.05, 0.1) is 6.61 Å². The van der Waals surface area contributed by atoms with Crippen LogP contribution in [-0.2, 0) is 9.53 Å². The first-order valence-corrected chi connectivity index (χ1v) is 6.74. The van der Waals surface area contributed by atoms with Crippen LogP contribution in [0.4, 0.5) is 5.69 Å². The number of anilines is 1. The van der Waals surface area contributed by atoms with Gasteiger partial charge in [0.25, 0.3) is 0 Å². The molecule has 102 valence electrons. The summed E-state index contributed by atoms with van der Waals surface area (Å²) in [4.78, 5) is 24.7. The second kappa shape index (κ2) is 6.36. The fourth-order valence-electron chi connectivity index (χ4n) is 2.47. The van der Waals surface area contributed by atoms with Crippen LogP contribution in [0.1, 0.15) is 36.5 Å². The first-order chi connectivity index (χ1) is 9.26. The minimum atomic E-state index is -0.198. The molecule has 1 saturated heterocycles. The molecule has 4 nitrogen and oxygen atoms in total. The Bertz CT molecular complexity index is 441. The Kier molecular flexibility index (Phi) is 4.55. The lowest BCUT2D eigenvalue weighted by Crippen LogP contribution is -2.45. The van der Waals surface area contributed by atoms with Crippen molar-refractivity contribution in [2.75, 3.05) is 18.1 Å². The first-order valence-electron chi connectivity index (χ1n) is 6.74. The van der Waals surface area contributed by atoms with Gasteiger partial charge < -0.3 is 9.64 Å². The molecular formula is C15H19NO3. The largest absolute Gasteiger partial charge is 0.464 e. The van der Waals surface area contributed by atoms with E-state index in [4.69, 9.17) is 4.74 Å². The molecule has 1 aromatic rings. The average molecular weight is 261 g/mol. The molecule has 1 unspecified atom stereocenters. The van der Waals surface area contributed by atoms with Gasteiger partial charge in [0.15, 0.2) is 0 Å². The van der Waals surface area contributed by atoms with Gasteiger partial charge in [0.1, 0.15) is 12.3 Å². The molecule has 1 aliphatic heterocycles. The van der Waals surface area contributed by atoms with E-state index in [0.29, 0.717) is 12.2 Å². The van der Waals surface area contributed by atoms with E-state index in [0.717, 1.165) is 37.8 Å². The van der Waals surface area contributed by atoms with Gasteiger partial charge in [0.2, 0.25) is 0 Å². The fraction of sp³-hybridized carbons (Fsp3) is 0.467. The predicted octanol–water partition coefficient (Wildman–Crippen LogP) is 2.42. The summed E-state index contributed by atoms with van der Waals surface area (Å²) in [7, 11) is 0. The molecule has 0 bridgehead atoms. The average Bonchev–Trinajstić information content (AvgIpc) is 2.47. The lowest BCUT2D eigenvalue weighted by molar-refractivity contribution is -0.145. The molecule has 0 aliphatic carbocycles. The molecule has 1 aliphatic rings. The van der Waals surface area contributed by atoms with Crippen molar-refractivity contribution in [2.45, 2.75) is 32.2 Å². The summed E-state index contributed by atoms with van der Waals surface area (Å²) in [6, 6.07) is 7.14. The van der Waals surface area contributed by atoms with Crippen LogP contribution in [0.5, 0.6) is 0 Å². The third-order valence-electron chi connectivity index (χ3n) is 3.42. The minimum Gasteiger partial charge on any atom is -0.464 e. The molecular weight excluding hydrogens is 242 g/mol. The van der Waals surface area contributed by atoms with E-state index in [-0.39, 0.29) is 12.0 Å². The number of benzene rings is 1. The fourth-order valence-corrected chi connectivity index (χ4v) is 2.47. The molecule has 0 aromatic heterocycles. The Morgan fingerprint density at radius 1 is 1.37 bits per heavy atom. The second-order valence-corrected chi connectivity index (χ2v) is 4.67. The van der Waals surface area contributed by atoms with Crippen LogP contribution in [0.2, 0.25) is 0 Å². The maximum absolute atomic E-state index is 12.0. The molecule has 1 atom stereocenters. The van der Waals surface area contributed by atoms with Crippen molar-refractivity contribution in [1.82, 2.24) is 0 Å². The summed E-state index contributed by atoms with van der Waals surface area (Å²) in [6.45, 7) is 3.08. The number of rotatable bonds is 4. The number of piperidine rings is 1. The molecule has 0 radical (unpaired) electrons. The third kappa shape index (κ3) is 3.13. The van der Waals surface area contributed by atoms with Crippen molar-refractivity contribution in [1.29, 1.82) is 0 Å². The standard InChI is InChI=1S/C15H19NO3/c1-2-19-15(18)14-5-3-4-10-16(14)13-8-6-12(11-17)7-9-13/h6-9,11,14H,2-5,10H2,1H3. The van der Waals surface area contributed by atoms with E-state index in [1.807, 2.05) is 19.1 Å². The van der Waals surface area contributed by atoms with Crippen molar-refractivity contribution in [2.24, 2.45) is 0 Å². The zero-order valence-electron chi connectivity index (χ0n) is 11.2. The summed E-state index contributed by atoms with van der Waals surface area (Å²) in [5, 5.41) is 0. The third-order valence-corrected chi connectivity index (χ3v) is 3.42. The summed E-state index contributed by atoms with van der Waals surface area (Å²) in [5.74, 6) is -0.151. The molecule has 1 fully saturated rings. The minimum absolute atomic E-state index is 0.151. The van der Waals surface area contributed by atoms with Gasteiger partial charge >= 0.3 is 5.97 Å². The van der Waals surface area contributed by atoms with Crippen LogP contribution < -0.4 is 4.90 Å². The van der Waals surface area contributed by atoms with Crippen LogP contribution in [0.15, 0.2) is 24.3 Å². The monoisotopic (exact) mass is 261 g/mol. The first kappa shape index (κ1) is 13.6. The maximum Gasteiger partial charge on any atom is 0.328 e. The molecule has 0 amide bonds. The Labute approximate surface area is 113 Å². The van der Waals surface area contributed by atoms with Crippen LogP contribution in [-0.4, -0.2) is 31.4 Å². The SMILES string of the molecule is CCOC(=O)C1CCCCN1c1ccc(C=O)cc1. The quantitative estimate of drug-likeness (QED) is 0.617. The zero-order valence-corrected chi connectivity index (χ0v) is 11.2. The van der Waals surface area contributed by atoms with Crippen LogP contribution in [0.25, 0.3) is 0 Å². The van der Waals surface area contributed by atoms with Crippen LogP contribution in [0, 0.1) is 0 Å². The smallest absolute Gasteiger partial charge is 0.328 e. The van der Waals surface area contributed by atoms with Gasteiger partial charge in [-0.3, -0.25) is 4.79 Å². The van der Waals surface area contributed by atoms with Gasteiger partial charge in [-0.2, -0.15) is 0 Å². The number of ether oxygens (including phenoxy) is 1. The number of carbonyl (C=O) groups excluding carboxylic acids is 2. The molecule has 2 rings (SSSR count). The number of carbonyl (C=O) groups is 2. The van der Waals surface area contributed by atoms with E-state index in [1.165, 1.54) is 0 Å². The topological polar surface area (TPSA) is 46.6 Å². The van der Waals surface area contributed by atoms with Crippen molar-refractivity contribution in [3.63, 3.8) is 0 Å². The Balaban J connectivity index is 2.18. The number of aldehydes is 1. The number of hydrogen-bond donors (Lipinski definition) is 0. The molecule has 0 spiro atoms. The van der Waals surface area contributed by atoms with E-state index >= 15 is 0 Å². The van der Waals surface area contributed by atoms with E-state index in [9.17, 15) is 9.59 Å². The summed E-state index contributed by atoms with van der Waals surface area (Å²) in [6.07, 6.45) is 3.77. The highest BCUT2D eigenvalue weighted by atomic mass is 16.5. The van der Waals surface area contributed by atoms with E-state index in [1.54, 1.807) is 12.1 Å². The predicted molar refractivity (Wildman–Crippen MR) is 73.4 cm³/mol. The normalized spacial score (nSPS) is 19.0. The highest BCUT2D eigenvalue weighted by Gasteiger charge is 2.29. The molecule has 19 heavy (non-hydrogen) atoms. The number of hydrogen-bond acceptors (Lipinski definition) is 4. The van der Waals surface area contributed by atoms with E-state index in [2.05, 4.69) is 4.90 Å². The highest BCUT2D eigenvalue weighted by molar-refractivity contribution is 5.81. The summed E-state index contributed by atoms with van der Waals surface area (Å²) < 4.78 is 5.14. The van der Waals surface area contributed by atoms with Gasteiger partial charge in [-0.1, -0.05) is 0 Å². The summed E-state index contributed by atoms with van der Waals surface area (Å²) in [5.41, 5.74) is 1.62. The Morgan fingerprint density at radius 3 is 2.74 bits per heavy atom. The molecule has 0 N–H and O–H groups in total. The van der Waals surface area contributed by atoms with Crippen molar-refractivity contribution >= 4 is 17.9 Å². The highest BCUT2D eigenvalue weighted by Crippen LogP contribution is 2.25. The molecule has 1 aromatic carbocycles. The Hall–Kier alpha value is -1.84. The summed E-state index contributed by atoms with van der Waals surface area (Å²) >= 11 is 0. The lowest BCUT2D eigenvalue weighted by atomic mass is 10.0. The van der Waals surface area contributed by atoms with Gasteiger partial charge in [-0.15, -0.1) is 0 Å². The van der Waals surface area contributed by atoms with Crippen LogP contribution in [0.3, 0.4) is 0 Å². The van der Waals surface area contributed by atoms with Crippen LogP contribution >= 0.6 is 0 Å². The number of nitrogens with zero attached hydrogens (tertiary/aromatic N) is 1. The van der Waals surface area contributed by atoms with E-state index < -0.39 is 0 Å². The van der Waals surface area contributed by atoms with Crippen molar-refractivity contribution in [3.8, 4) is 0 Å². The van der Waals surface area contributed by atoms with Gasteiger partial charge in [0, 0.05) is 17.8 Å². The maximum atomic E-state index is 12.0. The zero-order chi connectivity index (χ0) is 13.7. The molecule has 4 heteroatoms. The molecule has 0 saturated carbocycles. The second-order valence-electron chi connectivity index (χ2n) is 4.67. The van der Waals surface area contributed by atoms with Gasteiger partial charge in [-0.05, 0) is 50.5 Å². The van der Waals surface area contributed by atoms with Crippen molar-refractivity contribution in [3.05, 3.63) is 29.8 Å².